The molecule has 1 aliphatic rings. The van der Waals surface area contributed by atoms with E-state index in [1.807, 2.05) is 48.0 Å². The van der Waals surface area contributed by atoms with Crippen LogP contribution in [0.3, 0.4) is 0 Å². The summed E-state index contributed by atoms with van der Waals surface area (Å²) in [5, 5.41) is 0.651. The summed E-state index contributed by atoms with van der Waals surface area (Å²) >= 11 is 1.41. The molecule has 3 heterocycles. The number of hydrogen-bond acceptors (Lipinski definition) is 6. The molecule has 7 nitrogen and oxygen atoms in total. The van der Waals surface area contributed by atoms with E-state index in [4.69, 9.17) is 9.47 Å². The fourth-order valence-electron chi connectivity index (χ4n) is 3.04. The van der Waals surface area contributed by atoms with Gasteiger partial charge in [-0.15, -0.1) is 0 Å². The van der Waals surface area contributed by atoms with Crippen molar-refractivity contribution < 1.29 is 14.3 Å². The van der Waals surface area contributed by atoms with E-state index in [1.54, 1.807) is 20.4 Å². The first-order valence-electron chi connectivity index (χ1n) is 8.57. The number of thioether (sulfide) groups is 1. The molecule has 1 amide bonds. The van der Waals surface area contributed by atoms with Gasteiger partial charge in [0.1, 0.15) is 10.9 Å². The molecule has 1 aliphatic heterocycles. The summed E-state index contributed by atoms with van der Waals surface area (Å²) in [6.45, 7) is 0. The number of aliphatic imine (C=N–C) groups is 1. The number of carbonyl (C=O) groups is 1. The maximum atomic E-state index is 11.8. The number of imidazole rings is 1. The highest BCUT2D eigenvalue weighted by Gasteiger charge is 2.24. The number of amides is 1. The predicted molar refractivity (Wildman–Crippen MR) is 111 cm³/mol. The lowest BCUT2D eigenvalue weighted by molar-refractivity contribution is -0.115. The molecule has 0 aliphatic carbocycles. The standard InChI is InChI=1S/C20H18N4O3S/c1-24-14-5-4-8-21-18(14)23-19(24)13(20-22-17(25)11-28-20)9-12-6-7-15(26-2)16(10-12)27-3/h4-10H,11H2,1-3H3/b13-9+. The van der Waals surface area contributed by atoms with Gasteiger partial charge in [-0.3, -0.25) is 4.79 Å². The van der Waals surface area contributed by atoms with Crippen molar-refractivity contribution in [2.45, 2.75) is 0 Å². The number of carbonyl (C=O) groups excluding carboxylic acids is 1. The normalized spacial score (nSPS) is 14.5. The summed E-state index contributed by atoms with van der Waals surface area (Å²) < 4.78 is 12.7. The average molecular weight is 394 g/mol. The number of nitrogens with zero attached hydrogens (tertiary/aromatic N) is 4. The first kappa shape index (κ1) is 18.2. The monoisotopic (exact) mass is 394 g/mol. The third kappa shape index (κ3) is 3.27. The lowest BCUT2D eigenvalue weighted by Gasteiger charge is -2.10. The van der Waals surface area contributed by atoms with E-state index in [0.717, 1.165) is 16.7 Å². The van der Waals surface area contributed by atoms with E-state index in [1.165, 1.54) is 11.8 Å². The van der Waals surface area contributed by atoms with Crippen LogP contribution in [0.4, 0.5) is 0 Å². The minimum atomic E-state index is -0.143. The quantitative estimate of drug-likeness (QED) is 0.661. The Labute approximate surface area is 166 Å². The molecular weight excluding hydrogens is 376 g/mol. The first-order valence-corrected chi connectivity index (χ1v) is 9.55. The molecule has 3 aromatic rings. The molecule has 4 rings (SSSR count). The van der Waals surface area contributed by atoms with Crippen molar-refractivity contribution >= 4 is 45.5 Å². The van der Waals surface area contributed by atoms with Crippen molar-refractivity contribution in [2.75, 3.05) is 20.0 Å². The Morgan fingerprint density at radius 1 is 1.21 bits per heavy atom. The van der Waals surface area contributed by atoms with Gasteiger partial charge in [0.05, 0.1) is 31.1 Å². The maximum absolute atomic E-state index is 11.8. The van der Waals surface area contributed by atoms with E-state index >= 15 is 0 Å². The van der Waals surface area contributed by atoms with Crippen molar-refractivity contribution in [3.63, 3.8) is 0 Å². The largest absolute Gasteiger partial charge is 0.493 e. The molecule has 0 unspecified atom stereocenters. The average Bonchev–Trinajstić information content (AvgIpc) is 3.29. The molecule has 142 valence electrons. The molecule has 2 aromatic heterocycles. The van der Waals surface area contributed by atoms with E-state index in [9.17, 15) is 4.79 Å². The Balaban J connectivity index is 1.89. The Kier molecular flexibility index (Phi) is 4.87. The van der Waals surface area contributed by atoms with Crippen LogP contribution in [0, 0.1) is 0 Å². The van der Waals surface area contributed by atoms with Crippen LogP contribution in [-0.4, -0.2) is 45.5 Å². The second-order valence-electron chi connectivity index (χ2n) is 6.11. The molecule has 28 heavy (non-hydrogen) atoms. The van der Waals surface area contributed by atoms with Crippen LogP contribution in [0.2, 0.25) is 0 Å². The number of hydrogen-bond donors (Lipinski definition) is 0. The van der Waals surface area contributed by atoms with Crippen molar-refractivity contribution in [3.05, 3.63) is 47.9 Å². The Bertz CT molecular complexity index is 1130. The number of aryl methyl sites for hydroxylation is 1. The maximum Gasteiger partial charge on any atom is 0.257 e. The molecule has 8 heteroatoms. The molecule has 0 fully saturated rings. The van der Waals surface area contributed by atoms with Crippen LogP contribution in [0.25, 0.3) is 22.8 Å². The van der Waals surface area contributed by atoms with Crippen LogP contribution in [0.5, 0.6) is 11.5 Å². The zero-order valence-corrected chi connectivity index (χ0v) is 16.5. The van der Waals surface area contributed by atoms with E-state index in [-0.39, 0.29) is 5.91 Å². The molecule has 0 N–H and O–H groups in total. The van der Waals surface area contributed by atoms with Crippen molar-refractivity contribution in [1.29, 1.82) is 0 Å². The van der Waals surface area contributed by atoms with Gasteiger partial charge >= 0.3 is 0 Å². The highest BCUT2D eigenvalue weighted by molar-refractivity contribution is 8.16. The molecule has 0 radical (unpaired) electrons. The molecule has 0 saturated heterocycles. The molecule has 0 atom stereocenters. The molecule has 1 aromatic carbocycles. The van der Waals surface area contributed by atoms with Crippen molar-refractivity contribution in [2.24, 2.45) is 12.0 Å². The SMILES string of the molecule is COc1ccc(/C=C(/C2=NC(=O)CS2)c2nc3ncccc3n2C)cc1OC. The Hall–Kier alpha value is -3.13. The first-order chi connectivity index (χ1) is 13.6. The molecule has 0 bridgehead atoms. The highest BCUT2D eigenvalue weighted by Crippen LogP contribution is 2.33. The third-order valence-electron chi connectivity index (χ3n) is 4.41. The summed E-state index contributed by atoms with van der Waals surface area (Å²) in [7, 11) is 5.12. The number of methoxy groups -OCH3 is 2. The number of pyridine rings is 1. The Morgan fingerprint density at radius 2 is 2.04 bits per heavy atom. The molecular formula is C20H18N4O3S. The van der Waals surface area contributed by atoms with Crippen LogP contribution in [0.1, 0.15) is 11.4 Å². The number of aromatic nitrogens is 3. The van der Waals surface area contributed by atoms with Gasteiger partial charge in [-0.2, -0.15) is 0 Å². The zero-order chi connectivity index (χ0) is 19.7. The Morgan fingerprint density at radius 3 is 2.71 bits per heavy atom. The fourth-order valence-corrected chi connectivity index (χ4v) is 3.84. The minimum Gasteiger partial charge on any atom is -0.493 e. The molecule has 0 spiro atoms. The number of fused-ring (bicyclic) bond motifs is 1. The summed E-state index contributed by atoms with van der Waals surface area (Å²) in [4.78, 5) is 25.0. The van der Waals surface area contributed by atoms with Gasteiger partial charge in [-0.05, 0) is 35.9 Å². The van der Waals surface area contributed by atoms with Gasteiger partial charge in [0, 0.05) is 13.2 Å². The van der Waals surface area contributed by atoms with Crippen LogP contribution in [-0.2, 0) is 11.8 Å². The number of benzene rings is 1. The van der Waals surface area contributed by atoms with Gasteiger partial charge in [0.15, 0.2) is 17.1 Å². The second kappa shape index (κ2) is 7.47. The zero-order valence-electron chi connectivity index (χ0n) is 15.7. The van der Waals surface area contributed by atoms with E-state index < -0.39 is 0 Å². The van der Waals surface area contributed by atoms with Gasteiger partial charge in [0.2, 0.25) is 0 Å². The summed E-state index contributed by atoms with van der Waals surface area (Å²) in [5.41, 5.74) is 3.21. The lowest BCUT2D eigenvalue weighted by Crippen LogP contribution is -2.03. The van der Waals surface area contributed by atoms with Gasteiger partial charge in [-0.1, -0.05) is 17.8 Å². The van der Waals surface area contributed by atoms with Gasteiger partial charge < -0.3 is 14.0 Å². The minimum absolute atomic E-state index is 0.143. The second-order valence-corrected chi connectivity index (χ2v) is 7.08. The number of ether oxygens (including phenoxy) is 2. The predicted octanol–water partition coefficient (Wildman–Crippen LogP) is 3.20. The van der Waals surface area contributed by atoms with Crippen LogP contribution in [0.15, 0.2) is 41.5 Å². The van der Waals surface area contributed by atoms with Crippen molar-refractivity contribution in [1.82, 2.24) is 14.5 Å². The fraction of sp³-hybridized carbons (Fsp3) is 0.200. The third-order valence-corrected chi connectivity index (χ3v) is 5.38. The summed E-state index contributed by atoms with van der Waals surface area (Å²) in [5.74, 6) is 2.16. The van der Waals surface area contributed by atoms with Crippen LogP contribution >= 0.6 is 11.8 Å². The van der Waals surface area contributed by atoms with E-state index in [2.05, 4.69) is 15.0 Å². The summed E-state index contributed by atoms with van der Waals surface area (Å²) in [6, 6.07) is 9.47. The highest BCUT2D eigenvalue weighted by atomic mass is 32.2. The summed E-state index contributed by atoms with van der Waals surface area (Å²) in [6.07, 6.45) is 3.66. The van der Waals surface area contributed by atoms with E-state index in [0.29, 0.717) is 33.8 Å². The van der Waals surface area contributed by atoms with Crippen LogP contribution < -0.4 is 9.47 Å². The van der Waals surface area contributed by atoms with Gasteiger partial charge in [-0.25, -0.2) is 15.0 Å². The van der Waals surface area contributed by atoms with Gasteiger partial charge in [0.25, 0.3) is 5.91 Å². The smallest absolute Gasteiger partial charge is 0.257 e. The number of rotatable bonds is 5. The lowest BCUT2D eigenvalue weighted by atomic mass is 10.1. The molecule has 0 saturated carbocycles. The van der Waals surface area contributed by atoms with Crippen molar-refractivity contribution in [3.8, 4) is 11.5 Å². The topological polar surface area (TPSA) is 78.6 Å².